The zero-order chi connectivity index (χ0) is 14.2. The van der Waals surface area contributed by atoms with Crippen LogP contribution in [-0.4, -0.2) is 0 Å². The fourth-order valence-electron chi connectivity index (χ4n) is 2.55. The highest BCUT2D eigenvalue weighted by molar-refractivity contribution is 4.92. The van der Waals surface area contributed by atoms with Gasteiger partial charge in [-0.15, -0.1) is 0 Å². The van der Waals surface area contributed by atoms with Crippen molar-refractivity contribution >= 4 is 0 Å². The normalized spacial score (nSPS) is 10.7. The summed E-state index contributed by atoms with van der Waals surface area (Å²) in [6.07, 6.45) is 22.5. The minimum absolute atomic E-state index is 1.29. The number of rotatable bonds is 14. The van der Waals surface area contributed by atoms with Crippen LogP contribution in [0.15, 0.2) is 11.6 Å². The predicted octanol–water partition coefficient (Wildman–Crippen LogP) is 7.43. The molecule has 0 aliphatic carbocycles. The van der Waals surface area contributed by atoms with Gasteiger partial charge >= 0.3 is 0 Å². The van der Waals surface area contributed by atoms with Crippen LogP contribution in [0.25, 0.3) is 0 Å². The van der Waals surface area contributed by atoms with Gasteiger partial charge in [-0.2, -0.15) is 0 Å². The number of unbranched alkanes of at least 4 members (excludes halogenated alkanes) is 13. The van der Waals surface area contributed by atoms with Crippen LogP contribution in [0, 0.1) is 0 Å². The van der Waals surface area contributed by atoms with Crippen LogP contribution in [-0.2, 0) is 0 Å². The Hall–Kier alpha value is -0.260. The van der Waals surface area contributed by atoms with E-state index in [2.05, 4.69) is 26.8 Å². The number of allylic oxidation sites excluding steroid dienone is 2. The molecule has 19 heavy (non-hydrogen) atoms. The molecule has 0 fully saturated rings. The molecule has 0 atom stereocenters. The van der Waals surface area contributed by atoms with Gasteiger partial charge in [-0.3, -0.25) is 0 Å². The van der Waals surface area contributed by atoms with Gasteiger partial charge in [-0.1, -0.05) is 95.6 Å². The lowest BCUT2D eigenvalue weighted by Gasteiger charge is -2.02. The molecule has 0 aliphatic rings. The Morgan fingerprint density at radius 2 is 0.947 bits per heavy atom. The lowest BCUT2D eigenvalue weighted by atomic mass is 10.0. The van der Waals surface area contributed by atoms with Gasteiger partial charge in [0.25, 0.3) is 0 Å². The molecule has 0 bridgehead atoms. The minimum Gasteiger partial charge on any atom is -0.0859 e. The second kappa shape index (κ2) is 15.8. The molecule has 0 aliphatic heterocycles. The molecule has 0 rings (SSSR count). The highest BCUT2D eigenvalue weighted by atomic mass is 14.0. The van der Waals surface area contributed by atoms with Crippen molar-refractivity contribution in [3.05, 3.63) is 11.6 Å². The van der Waals surface area contributed by atoms with Crippen LogP contribution in [0.3, 0.4) is 0 Å². The van der Waals surface area contributed by atoms with Gasteiger partial charge in [-0.25, -0.2) is 0 Å². The molecule has 0 saturated heterocycles. The van der Waals surface area contributed by atoms with Gasteiger partial charge in [0.2, 0.25) is 0 Å². The summed E-state index contributed by atoms with van der Waals surface area (Å²) in [6.45, 7) is 6.68. The molecule has 114 valence electrons. The van der Waals surface area contributed by atoms with Gasteiger partial charge in [0.05, 0.1) is 0 Å². The Kier molecular flexibility index (Phi) is 15.6. The molecule has 0 unspecified atom stereocenters. The van der Waals surface area contributed by atoms with E-state index in [9.17, 15) is 0 Å². The second-order valence-corrected chi connectivity index (χ2v) is 6.31. The maximum Gasteiger partial charge on any atom is -0.0348 e. The van der Waals surface area contributed by atoms with E-state index in [1.165, 1.54) is 95.5 Å². The first-order valence-corrected chi connectivity index (χ1v) is 8.90. The van der Waals surface area contributed by atoms with Crippen LogP contribution in [0.5, 0.6) is 0 Å². The summed E-state index contributed by atoms with van der Waals surface area (Å²) in [5, 5.41) is 0. The van der Waals surface area contributed by atoms with Crippen molar-refractivity contribution in [1.82, 2.24) is 0 Å². The monoisotopic (exact) mass is 266 g/mol. The molecule has 0 aromatic carbocycles. The third-order valence-corrected chi connectivity index (χ3v) is 3.86. The second-order valence-electron chi connectivity index (χ2n) is 6.31. The van der Waals surface area contributed by atoms with Gasteiger partial charge in [0.15, 0.2) is 0 Å². The first kappa shape index (κ1) is 18.7. The predicted molar refractivity (Wildman–Crippen MR) is 89.7 cm³/mol. The topological polar surface area (TPSA) is 0 Å². The maximum atomic E-state index is 2.37. The molecule has 0 heteroatoms. The summed E-state index contributed by atoms with van der Waals surface area (Å²) in [5.74, 6) is 0. The summed E-state index contributed by atoms with van der Waals surface area (Å²) >= 11 is 0. The minimum atomic E-state index is 1.29. The van der Waals surface area contributed by atoms with Crippen molar-refractivity contribution in [2.45, 2.75) is 111 Å². The first-order valence-electron chi connectivity index (χ1n) is 8.90. The zero-order valence-corrected chi connectivity index (χ0v) is 14.0. The van der Waals surface area contributed by atoms with E-state index in [0.717, 1.165) is 0 Å². The summed E-state index contributed by atoms with van der Waals surface area (Å²) in [6, 6.07) is 0. The quantitative estimate of drug-likeness (QED) is 0.226. The fraction of sp³-hybridized carbons (Fsp3) is 0.895. The molecule has 0 heterocycles. The molecule has 0 saturated carbocycles. The van der Waals surface area contributed by atoms with Crippen LogP contribution in [0.4, 0.5) is 0 Å². The highest BCUT2D eigenvalue weighted by Crippen LogP contribution is 2.13. The third kappa shape index (κ3) is 17.7. The Balaban J connectivity index is 2.97. The van der Waals surface area contributed by atoms with E-state index >= 15 is 0 Å². The number of hydrogen-bond acceptors (Lipinski definition) is 0. The summed E-state index contributed by atoms with van der Waals surface area (Å²) in [4.78, 5) is 0. The average molecular weight is 267 g/mol. The van der Waals surface area contributed by atoms with Gasteiger partial charge < -0.3 is 0 Å². The molecular formula is C19H38. The SMILES string of the molecule is CCCCCCCCCCCCCCCC=C(C)C. The van der Waals surface area contributed by atoms with Crippen molar-refractivity contribution in [1.29, 1.82) is 0 Å². The van der Waals surface area contributed by atoms with Gasteiger partial charge in [0, 0.05) is 0 Å². The van der Waals surface area contributed by atoms with Crippen LogP contribution < -0.4 is 0 Å². The maximum absolute atomic E-state index is 2.37. The smallest absolute Gasteiger partial charge is 0.0348 e. The highest BCUT2D eigenvalue weighted by Gasteiger charge is 1.93. The van der Waals surface area contributed by atoms with E-state index in [1.807, 2.05) is 0 Å². The van der Waals surface area contributed by atoms with E-state index in [0.29, 0.717) is 0 Å². The van der Waals surface area contributed by atoms with Gasteiger partial charge in [0.1, 0.15) is 0 Å². The molecule has 0 spiro atoms. The lowest BCUT2D eigenvalue weighted by molar-refractivity contribution is 0.540. The van der Waals surface area contributed by atoms with Crippen molar-refractivity contribution in [2.24, 2.45) is 0 Å². The van der Waals surface area contributed by atoms with Crippen molar-refractivity contribution in [3.63, 3.8) is 0 Å². The van der Waals surface area contributed by atoms with Crippen LogP contribution >= 0.6 is 0 Å². The molecule has 0 aromatic heterocycles. The standard InChI is InChI=1S/C19H38/c1-4-5-6-7-8-9-10-11-12-13-14-15-16-17-18-19(2)3/h18H,4-17H2,1-3H3. The summed E-state index contributed by atoms with van der Waals surface area (Å²) in [7, 11) is 0. The molecular weight excluding hydrogens is 228 g/mol. The Bertz CT molecular complexity index is 186. The molecule has 0 amide bonds. The van der Waals surface area contributed by atoms with E-state index in [1.54, 1.807) is 0 Å². The van der Waals surface area contributed by atoms with Crippen molar-refractivity contribution < 1.29 is 0 Å². The van der Waals surface area contributed by atoms with Crippen LogP contribution in [0.2, 0.25) is 0 Å². The van der Waals surface area contributed by atoms with E-state index in [4.69, 9.17) is 0 Å². The third-order valence-electron chi connectivity index (χ3n) is 3.86. The summed E-state index contributed by atoms with van der Waals surface area (Å²) in [5.41, 5.74) is 1.47. The molecule has 0 radical (unpaired) electrons. The van der Waals surface area contributed by atoms with Gasteiger partial charge in [-0.05, 0) is 26.7 Å². The van der Waals surface area contributed by atoms with E-state index < -0.39 is 0 Å². The summed E-state index contributed by atoms with van der Waals surface area (Å²) < 4.78 is 0. The lowest BCUT2D eigenvalue weighted by Crippen LogP contribution is -1.82. The van der Waals surface area contributed by atoms with Crippen LogP contribution in [0.1, 0.15) is 111 Å². The van der Waals surface area contributed by atoms with Crippen molar-refractivity contribution in [3.8, 4) is 0 Å². The Morgan fingerprint density at radius 1 is 0.579 bits per heavy atom. The zero-order valence-electron chi connectivity index (χ0n) is 14.0. The Morgan fingerprint density at radius 3 is 1.32 bits per heavy atom. The molecule has 0 N–H and O–H groups in total. The van der Waals surface area contributed by atoms with Crippen molar-refractivity contribution in [2.75, 3.05) is 0 Å². The first-order chi connectivity index (χ1) is 9.27. The fourth-order valence-corrected chi connectivity index (χ4v) is 2.55. The average Bonchev–Trinajstić information content (AvgIpc) is 2.39. The molecule has 0 aromatic rings. The Labute approximate surface area is 123 Å². The molecule has 0 nitrogen and oxygen atoms in total. The largest absolute Gasteiger partial charge is 0.0859 e. The number of hydrogen-bond donors (Lipinski definition) is 0. The van der Waals surface area contributed by atoms with E-state index in [-0.39, 0.29) is 0 Å².